The molecule has 0 aliphatic carbocycles. The summed E-state index contributed by atoms with van der Waals surface area (Å²) in [6, 6.07) is 14.2. The topological polar surface area (TPSA) is 84.9 Å². The second-order valence-electron chi connectivity index (χ2n) is 5.92. The molecule has 0 aromatic heterocycles. The Labute approximate surface area is 152 Å². The minimum absolute atomic E-state index is 0.0973. The molecule has 6 heteroatoms. The molecule has 0 aliphatic rings. The predicted molar refractivity (Wildman–Crippen MR) is 98.8 cm³/mol. The molecule has 1 amide bonds. The summed E-state index contributed by atoms with van der Waals surface area (Å²) in [4.78, 5) is 22.4. The van der Waals surface area contributed by atoms with Crippen molar-refractivity contribution in [1.82, 2.24) is 0 Å². The van der Waals surface area contributed by atoms with E-state index in [2.05, 4.69) is 19.2 Å². The highest BCUT2D eigenvalue weighted by atomic mass is 16.5. The number of aliphatic carboxylic acids is 1. The van der Waals surface area contributed by atoms with E-state index < -0.39 is 12.6 Å². The minimum atomic E-state index is -1.04. The Morgan fingerprint density at radius 3 is 2.04 bits per heavy atom. The largest absolute Gasteiger partial charge is 0.484 e. The Morgan fingerprint density at radius 2 is 1.50 bits per heavy atom. The van der Waals surface area contributed by atoms with Crippen LogP contribution in [0.2, 0.25) is 0 Å². The van der Waals surface area contributed by atoms with E-state index in [9.17, 15) is 9.59 Å². The Bertz CT molecular complexity index is 725. The number of anilines is 1. The van der Waals surface area contributed by atoms with Crippen LogP contribution in [0.4, 0.5) is 5.69 Å². The molecule has 0 spiro atoms. The van der Waals surface area contributed by atoms with Crippen LogP contribution in [0.5, 0.6) is 11.5 Å². The zero-order valence-electron chi connectivity index (χ0n) is 14.9. The summed E-state index contributed by atoms with van der Waals surface area (Å²) in [6.45, 7) is 3.81. The summed E-state index contributed by atoms with van der Waals surface area (Å²) in [5.41, 5.74) is 1.82. The van der Waals surface area contributed by atoms with Gasteiger partial charge in [-0.3, -0.25) is 4.79 Å². The molecular formula is C20H23NO5. The van der Waals surface area contributed by atoms with Crippen molar-refractivity contribution < 1.29 is 24.2 Å². The first-order chi connectivity index (χ1) is 12.5. The molecule has 1 atom stereocenters. The highest BCUT2D eigenvalue weighted by molar-refractivity contribution is 5.91. The lowest BCUT2D eigenvalue weighted by Gasteiger charge is -2.11. The standard InChI is InChI=1S/C20H23NO5/c1-3-14(2)15-4-8-17(9-5-15)25-12-19(22)21-16-6-10-18(11-7-16)26-13-20(23)24/h4-11,14H,3,12-13H2,1-2H3,(H,21,22)(H,23,24)/t14-/m0/s1. The van der Waals surface area contributed by atoms with E-state index in [1.165, 1.54) is 5.56 Å². The lowest BCUT2D eigenvalue weighted by atomic mass is 9.99. The van der Waals surface area contributed by atoms with Crippen LogP contribution in [-0.4, -0.2) is 30.2 Å². The number of carboxylic acid groups (broad SMARTS) is 1. The maximum absolute atomic E-state index is 12.0. The summed E-state index contributed by atoms with van der Waals surface area (Å²) >= 11 is 0. The number of benzene rings is 2. The van der Waals surface area contributed by atoms with Crippen LogP contribution < -0.4 is 14.8 Å². The van der Waals surface area contributed by atoms with Crippen LogP contribution in [0.3, 0.4) is 0 Å². The smallest absolute Gasteiger partial charge is 0.341 e. The number of nitrogens with one attached hydrogen (secondary N) is 1. The number of carbonyl (C=O) groups excluding carboxylic acids is 1. The molecule has 0 unspecified atom stereocenters. The van der Waals surface area contributed by atoms with Crippen LogP contribution in [-0.2, 0) is 9.59 Å². The molecule has 2 aromatic rings. The first kappa shape index (κ1) is 19.3. The van der Waals surface area contributed by atoms with Crippen molar-refractivity contribution in [2.24, 2.45) is 0 Å². The number of amides is 1. The van der Waals surface area contributed by atoms with Crippen LogP contribution in [0, 0.1) is 0 Å². The van der Waals surface area contributed by atoms with Gasteiger partial charge in [0.05, 0.1) is 0 Å². The van der Waals surface area contributed by atoms with Crippen LogP contribution in [0.25, 0.3) is 0 Å². The van der Waals surface area contributed by atoms with E-state index in [1.807, 2.05) is 24.3 Å². The van der Waals surface area contributed by atoms with E-state index in [0.717, 1.165) is 6.42 Å². The Hall–Kier alpha value is -3.02. The van der Waals surface area contributed by atoms with Gasteiger partial charge in [0.2, 0.25) is 0 Å². The highest BCUT2D eigenvalue weighted by Gasteiger charge is 2.06. The van der Waals surface area contributed by atoms with Crippen molar-refractivity contribution >= 4 is 17.6 Å². The van der Waals surface area contributed by atoms with Crippen molar-refractivity contribution in [2.75, 3.05) is 18.5 Å². The number of carbonyl (C=O) groups is 2. The second kappa shape index (κ2) is 9.46. The van der Waals surface area contributed by atoms with Gasteiger partial charge in [-0.15, -0.1) is 0 Å². The lowest BCUT2D eigenvalue weighted by Crippen LogP contribution is -2.20. The van der Waals surface area contributed by atoms with Gasteiger partial charge in [0.15, 0.2) is 13.2 Å². The van der Waals surface area contributed by atoms with Gasteiger partial charge in [-0.25, -0.2) is 4.79 Å². The van der Waals surface area contributed by atoms with E-state index in [4.69, 9.17) is 14.6 Å². The van der Waals surface area contributed by atoms with Crippen LogP contribution >= 0.6 is 0 Å². The van der Waals surface area contributed by atoms with E-state index in [1.54, 1.807) is 24.3 Å². The zero-order chi connectivity index (χ0) is 18.9. The van der Waals surface area contributed by atoms with E-state index >= 15 is 0 Å². The molecule has 0 bridgehead atoms. The molecule has 6 nitrogen and oxygen atoms in total. The predicted octanol–water partition coefficient (Wildman–Crippen LogP) is 3.68. The lowest BCUT2D eigenvalue weighted by molar-refractivity contribution is -0.139. The molecule has 0 saturated heterocycles. The Balaban J connectivity index is 1.80. The molecule has 138 valence electrons. The van der Waals surface area contributed by atoms with E-state index in [0.29, 0.717) is 23.1 Å². The zero-order valence-corrected chi connectivity index (χ0v) is 14.9. The van der Waals surface area contributed by atoms with Gasteiger partial charge >= 0.3 is 5.97 Å². The third-order valence-electron chi connectivity index (χ3n) is 3.93. The Kier molecular flexibility index (Phi) is 7.02. The highest BCUT2D eigenvalue weighted by Crippen LogP contribution is 2.21. The summed E-state index contributed by atoms with van der Waals surface area (Å²) < 4.78 is 10.5. The normalized spacial score (nSPS) is 11.5. The van der Waals surface area contributed by atoms with Gasteiger partial charge in [0, 0.05) is 5.69 Å². The molecule has 0 heterocycles. The summed E-state index contributed by atoms with van der Waals surface area (Å²) in [5.74, 6) is 0.231. The molecule has 0 aliphatic heterocycles. The van der Waals surface area contributed by atoms with Crippen molar-refractivity contribution in [3.05, 3.63) is 54.1 Å². The third-order valence-corrected chi connectivity index (χ3v) is 3.93. The molecule has 0 saturated carbocycles. The fraction of sp³-hybridized carbons (Fsp3) is 0.300. The average molecular weight is 357 g/mol. The van der Waals surface area contributed by atoms with Gasteiger partial charge in [-0.2, -0.15) is 0 Å². The van der Waals surface area contributed by atoms with Crippen molar-refractivity contribution in [3.63, 3.8) is 0 Å². The first-order valence-corrected chi connectivity index (χ1v) is 8.45. The molecule has 2 N–H and O–H groups in total. The Morgan fingerprint density at radius 1 is 0.962 bits per heavy atom. The van der Waals surface area contributed by atoms with Gasteiger partial charge in [-0.1, -0.05) is 26.0 Å². The third kappa shape index (κ3) is 6.12. The van der Waals surface area contributed by atoms with Gasteiger partial charge in [0.25, 0.3) is 5.91 Å². The molecule has 26 heavy (non-hydrogen) atoms. The number of hydrogen-bond acceptors (Lipinski definition) is 4. The molecule has 2 rings (SSSR count). The molecule has 2 aromatic carbocycles. The van der Waals surface area contributed by atoms with Crippen molar-refractivity contribution in [2.45, 2.75) is 26.2 Å². The first-order valence-electron chi connectivity index (χ1n) is 8.45. The number of rotatable bonds is 9. The van der Waals surface area contributed by atoms with Crippen molar-refractivity contribution in [3.8, 4) is 11.5 Å². The van der Waals surface area contributed by atoms with Gasteiger partial charge in [-0.05, 0) is 54.3 Å². The van der Waals surface area contributed by atoms with Crippen LogP contribution in [0.1, 0.15) is 31.7 Å². The van der Waals surface area contributed by atoms with Crippen molar-refractivity contribution in [1.29, 1.82) is 0 Å². The van der Waals surface area contributed by atoms with E-state index in [-0.39, 0.29) is 12.5 Å². The average Bonchev–Trinajstić information content (AvgIpc) is 2.65. The second-order valence-corrected chi connectivity index (χ2v) is 5.92. The maximum Gasteiger partial charge on any atom is 0.341 e. The fourth-order valence-electron chi connectivity index (χ4n) is 2.25. The van der Waals surface area contributed by atoms with Crippen LogP contribution in [0.15, 0.2) is 48.5 Å². The maximum atomic E-state index is 12.0. The van der Waals surface area contributed by atoms with Gasteiger partial charge < -0.3 is 19.9 Å². The monoisotopic (exact) mass is 357 g/mol. The number of ether oxygens (including phenoxy) is 2. The molecular weight excluding hydrogens is 334 g/mol. The number of hydrogen-bond donors (Lipinski definition) is 2. The fourth-order valence-corrected chi connectivity index (χ4v) is 2.25. The van der Waals surface area contributed by atoms with Gasteiger partial charge in [0.1, 0.15) is 11.5 Å². The summed E-state index contributed by atoms with van der Waals surface area (Å²) in [7, 11) is 0. The molecule has 0 fully saturated rings. The molecule has 0 radical (unpaired) electrons. The summed E-state index contributed by atoms with van der Waals surface area (Å²) in [6.07, 6.45) is 1.07. The minimum Gasteiger partial charge on any atom is -0.484 e. The quantitative estimate of drug-likeness (QED) is 0.715. The summed E-state index contributed by atoms with van der Waals surface area (Å²) in [5, 5.41) is 11.3. The number of carboxylic acids is 1. The SMILES string of the molecule is CC[C@H](C)c1ccc(OCC(=O)Nc2ccc(OCC(=O)O)cc2)cc1.